The predicted octanol–water partition coefficient (Wildman–Crippen LogP) is 8.36. The van der Waals surface area contributed by atoms with Gasteiger partial charge >= 0.3 is 0 Å². The number of nitrogens with zero attached hydrogens (tertiary/aromatic N) is 8. The van der Waals surface area contributed by atoms with Gasteiger partial charge in [0.2, 0.25) is 23.7 Å². The minimum atomic E-state index is -2.58. The van der Waals surface area contributed by atoms with Gasteiger partial charge in [0.05, 0.1) is 65.0 Å². The molecule has 2 unspecified atom stereocenters. The average Bonchev–Trinajstić information content (AvgIpc) is 4.16. The van der Waals surface area contributed by atoms with Gasteiger partial charge in [0.1, 0.15) is 35.6 Å². The zero-order chi connectivity index (χ0) is 53.8. The van der Waals surface area contributed by atoms with Crippen LogP contribution < -0.4 is 30.9 Å². The summed E-state index contributed by atoms with van der Waals surface area (Å²) < 4.78 is 24.4. The summed E-state index contributed by atoms with van der Waals surface area (Å²) in [5.74, 6) is 0.0829. The Labute approximate surface area is 452 Å². The quantitative estimate of drug-likeness (QED) is 0.0632. The van der Waals surface area contributed by atoms with Gasteiger partial charge in [-0.1, -0.05) is 67.0 Å². The molecule has 3 aliphatic rings. The molecule has 3 aromatic heterocycles. The zero-order valence-electron chi connectivity index (χ0n) is 44.0. The van der Waals surface area contributed by atoms with Gasteiger partial charge in [-0.3, -0.25) is 19.3 Å². The molecule has 0 spiro atoms. The lowest BCUT2D eigenvalue weighted by Crippen LogP contribution is -2.54. The molecule has 76 heavy (non-hydrogen) atoms. The fourth-order valence-corrected chi connectivity index (χ4v) is 12.7. The van der Waals surface area contributed by atoms with E-state index in [4.69, 9.17) is 20.9 Å². The van der Waals surface area contributed by atoms with Crippen LogP contribution in [0.1, 0.15) is 74.2 Å². The second-order valence-electron chi connectivity index (χ2n) is 20.7. The van der Waals surface area contributed by atoms with Crippen molar-refractivity contribution in [3.8, 4) is 16.2 Å². The smallest absolute Gasteiger partial charge is 0.243 e. The van der Waals surface area contributed by atoms with Crippen LogP contribution in [0, 0.1) is 19.8 Å². The van der Waals surface area contributed by atoms with Crippen molar-refractivity contribution in [3.63, 3.8) is 0 Å². The highest BCUT2D eigenvalue weighted by Crippen LogP contribution is 2.40. The fraction of sp³-hybridized carbons (Fsp3) is 0.436. The minimum Gasteiger partial charge on any atom is -0.494 e. The maximum Gasteiger partial charge on any atom is 0.243 e. The van der Waals surface area contributed by atoms with E-state index in [9.17, 15) is 24.1 Å². The third kappa shape index (κ3) is 12.4. The van der Waals surface area contributed by atoms with Gasteiger partial charge in [0.15, 0.2) is 5.82 Å². The summed E-state index contributed by atoms with van der Waals surface area (Å²) in [6, 6.07) is 21.8. The Morgan fingerprint density at radius 2 is 1.67 bits per heavy atom. The van der Waals surface area contributed by atoms with Crippen LogP contribution in [0.2, 0.25) is 5.02 Å². The molecule has 0 aliphatic carbocycles. The summed E-state index contributed by atoms with van der Waals surface area (Å²) in [7, 11) is -0.953. The molecular weight excluding hydrogens is 1030 g/mol. The predicted molar refractivity (Wildman–Crippen MR) is 298 cm³/mol. The van der Waals surface area contributed by atoms with Gasteiger partial charge in [0.25, 0.3) is 0 Å². The van der Waals surface area contributed by atoms with Crippen LogP contribution in [0.4, 0.5) is 28.8 Å². The molecule has 3 saturated heterocycles. The van der Waals surface area contributed by atoms with Gasteiger partial charge in [-0.25, -0.2) is 9.97 Å². The molecule has 402 valence electrons. The molecule has 4 atom stereocenters. The SMILES string of the molecule is COc1cc(N2CCC(N3CCN(C(=O)CC(NC(=O)[C@@H]4C[C@@H](O)CN4C(=O)C(c4cc(C)no4)C(C)C)c4ccc(-c5scnc5C)cc4)CC3)CC2)ccc1Nc1ncc(Cl)c(Nc2ccccc2P(C)(C)=O)n1. The van der Waals surface area contributed by atoms with Crippen LogP contribution in [-0.2, 0) is 18.9 Å². The number of aliphatic hydroxyl groups is 1. The number of methoxy groups -OCH3 is 1. The third-order valence-electron chi connectivity index (χ3n) is 14.7. The van der Waals surface area contributed by atoms with Crippen molar-refractivity contribution >= 4 is 81.9 Å². The largest absolute Gasteiger partial charge is 0.494 e. The number of carbonyl (C=O) groups excluding carboxylic acids is 3. The molecular formula is C55H67ClN11O7PS. The molecule has 3 fully saturated rings. The Morgan fingerprint density at radius 3 is 2.33 bits per heavy atom. The highest BCUT2D eigenvalue weighted by atomic mass is 35.5. The summed E-state index contributed by atoms with van der Waals surface area (Å²) in [6.07, 6.45) is 2.64. The summed E-state index contributed by atoms with van der Waals surface area (Å²) in [5.41, 5.74) is 7.53. The molecule has 0 saturated carbocycles. The number of aromatic nitrogens is 4. The first-order valence-corrected chi connectivity index (χ1v) is 29.7. The number of ether oxygens (including phenoxy) is 1. The van der Waals surface area contributed by atoms with E-state index in [0.717, 1.165) is 66.4 Å². The number of β-amino-alcohol motifs (C(OH)–C–C–N with tert-alkyl or cyclic N) is 1. The molecule has 21 heteroatoms. The number of rotatable bonds is 17. The highest BCUT2D eigenvalue weighted by molar-refractivity contribution is 7.70. The third-order valence-corrected chi connectivity index (χ3v) is 17.5. The highest BCUT2D eigenvalue weighted by Gasteiger charge is 2.44. The van der Waals surface area contributed by atoms with E-state index in [1.807, 2.05) is 91.8 Å². The van der Waals surface area contributed by atoms with Crippen LogP contribution in [0.3, 0.4) is 0 Å². The number of aryl methyl sites for hydroxylation is 2. The lowest BCUT2D eigenvalue weighted by atomic mass is 9.91. The van der Waals surface area contributed by atoms with Crippen molar-refractivity contribution in [3.05, 3.63) is 112 Å². The lowest BCUT2D eigenvalue weighted by molar-refractivity contribution is -0.141. The number of halogens is 1. The number of thiazole rings is 1. The van der Waals surface area contributed by atoms with Crippen molar-refractivity contribution in [1.82, 2.24) is 40.1 Å². The van der Waals surface area contributed by atoms with Gasteiger partial charge in [0, 0.05) is 81.4 Å². The van der Waals surface area contributed by atoms with Crippen LogP contribution in [0.25, 0.3) is 10.4 Å². The van der Waals surface area contributed by atoms with Crippen LogP contribution in [0.5, 0.6) is 5.75 Å². The maximum absolute atomic E-state index is 14.4. The minimum absolute atomic E-state index is 0.00760. The van der Waals surface area contributed by atoms with E-state index in [1.54, 1.807) is 44.8 Å². The average molecular weight is 1090 g/mol. The first-order chi connectivity index (χ1) is 36.4. The van der Waals surface area contributed by atoms with Crippen LogP contribution in [-0.4, -0.2) is 142 Å². The number of para-hydroxylation sites is 1. The van der Waals surface area contributed by atoms with E-state index < -0.39 is 37.2 Å². The number of benzene rings is 3. The molecule has 3 aromatic carbocycles. The van der Waals surface area contributed by atoms with E-state index in [0.29, 0.717) is 69.8 Å². The molecule has 0 radical (unpaired) electrons. The van der Waals surface area contributed by atoms with Gasteiger partial charge < -0.3 is 49.6 Å². The Balaban J connectivity index is 0.814. The zero-order valence-corrected chi connectivity index (χ0v) is 46.5. The number of hydrogen-bond donors (Lipinski definition) is 4. The molecule has 3 aliphatic heterocycles. The number of amides is 3. The lowest BCUT2D eigenvalue weighted by Gasteiger charge is -2.43. The Kier molecular flexibility index (Phi) is 16.8. The number of likely N-dealkylation sites (tertiary alicyclic amines) is 1. The van der Waals surface area contributed by atoms with Crippen molar-refractivity contribution in [2.75, 3.05) is 81.8 Å². The Hall–Kier alpha value is -6.37. The Bertz CT molecular complexity index is 3080. The summed E-state index contributed by atoms with van der Waals surface area (Å²) in [6.45, 7) is 15.3. The topological polar surface area (TPSA) is 211 Å². The summed E-state index contributed by atoms with van der Waals surface area (Å²) in [4.78, 5) is 65.6. The number of nitrogens with one attached hydrogen (secondary N) is 3. The normalized spacial score (nSPS) is 18.4. The van der Waals surface area contributed by atoms with Crippen LogP contribution >= 0.6 is 30.1 Å². The van der Waals surface area contributed by atoms with Gasteiger partial charge in [-0.05, 0) is 81.3 Å². The second kappa shape index (κ2) is 23.5. The number of piperazine rings is 1. The Morgan fingerprint density at radius 1 is 0.934 bits per heavy atom. The van der Waals surface area contributed by atoms with Crippen molar-refractivity contribution in [2.45, 2.75) is 83.5 Å². The van der Waals surface area contributed by atoms with Crippen molar-refractivity contribution in [2.24, 2.45) is 5.92 Å². The number of aliphatic hydroxyl groups excluding tert-OH is 1. The number of carbonyl (C=O) groups is 3. The second-order valence-corrected chi connectivity index (χ2v) is 25.1. The summed E-state index contributed by atoms with van der Waals surface area (Å²) >= 11 is 8.07. The standard InChI is InChI=1S/C55H67ClN11O7PS/c1-33(2)50(47-26-34(3)63-74-47)54(71)67-31-40(68)28-45(67)53(70)60-44(36-12-14-37(15-13-36)51-35(4)58-32-76-51)29-49(69)66-24-22-65(23-25-66)38-18-20-64(21-19-38)39-16-17-42(46(27-39)73-5)61-55-57-30-41(56)52(62-55)59-43-10-8-9-11-48(43)75(6,7)72/h8-17,26-27,30,32-33,38,40,44-45,50,68H,18-25,28-29,31H2,1-7H3,(H,60,70)(H2,57,59,61,62)/t40-,44?,45+,50?/m1/s1. The molecule has 9 rings (SSSR count). The monoisotopic (exact) mass is 1090 g/mol. The first kappa shape index (κ1) is 54.4. The van der Waals surface area contributed by atoms with Crippen LogP contribution in [0.15, 0.2) is 89.0 Å². The number of anilines is 5. The molecule has 6 heterocycles. The van der Waals surface area contributed by atoms with E-state index in [2.05, 4.69) is 51.9 Å². The van der Waals surface area contributed by atoms with E-state index in [1.165, 1.54) is 11.1 Å². The van der Waals surface area contributed by atoms with Gasteiger partial charge in [-0.15, -0.1) is 11.3 Å². The van der Waals surface area contributed by atoms with E-state index >= 15 is 0 Å². The van der Waals surface area contributed by atoms with Gasteiger partial charge in [-0.2, -0.15) is 4.98 Å². The van der Waals surface area contributed by atoms with Crippen molar-refractivity contribution < 1.29 is 33.3 Å². The number of hydrogen-bond acceptors (Lipinski definition) is 16. The summed E-state index contributed by atoms with van der Waals surface area (Å²) in [5, 5.41) is 25.6. The van der Waals surface area contributed by atoms with E-state index in [-0.39, 0.29) is 37.1 Å². The molecule has 0 bridgehead atoms. The molecule has 4 N–H and O–H groups in total. The van der Waals surface area contributed by atoms with Crippen molar-refractivity contribution in [1.29, 1.82) is 0 Å². The first-order valence-electron chi connectivity index (χ1n) is 25.8. The number of piperidine rings is 1. The maximum atomic E-state index is 14.4. The molecule has 3 amide bonds. The fourth-order valence-electron chi connectivity index (χ4n) is 10.6. The molecule has 6 aromatic rings. The molecule has 18 nitrogen and oxygen atoms in total.